The van der Waals surface area contributed by atoms with Crippen LogP contribution in [0.1, 0.15) is 21.6 Å². The number of rotatable bonds is 4. The molecule has 3 aromatic carbocycles. The zero-order valence-corrected chi connectivity index (χ0v) is 19.2. The van der Waals surface area contributed by atoms with Crippen LogP contribution in [0.4, 0.5) is 5.69 Å². The quantitative estimate of drug-likeness (QED) is 0.408. The van der Waals surface area contributed by atoms with Gasteiger partial charge in [0.1, 0.15) is 5.69 Å². The van der Waals surface area contributed by atoms with Gasteiger partial charge in [0, 0.05) is 18.0 Å². The van der Waals surface area contributed by atoms with Crippen molar-refractivity contribution >= 4 is 22.5 Å². The number of aryl methyl sites for hydroxylation is 1. The Morgan fingerprint density at radius 2 is 1.56 bits per heavy atom. The van der Waals surface area contributed by atoms with E-state index in [-0.39, 0.29) is 17.2 Å². The van der Waals surface area contributed by atoms with Crippen molar-refractivity contribution in [2.45, 2.75) is 13.8 Å². The Kier molecular flexibility index (Phi) is 5.34. The summed E-state index contributed by atoms with van der Waals surface area (Å²) in [5.41, 5.74) is 5.32. The van der Waals surface area contributed by atoms with Crippen molar-refractivity contribution < 1.29 is 4.79 Å². The Labute approximate surface area is 197 Å². The maximum Gasteiger partial charge on any atom is 0.295 e. The number of pyridine rings is 1. The van der Waals surface area contributed by atoms with Crippen LogP contribution in [0.2, 0.25) is 0 Å². The third-order valence-corrected chi connectivity index (χ3v) is 6.17. The number of nitrogens with zero attached hydrogens (tertiary/aromatic N) is 3. The van der Waals surface area contributed by atoms with E-state index < -0.39 is 0 Å². The minimum Gasteiger partial charge on any atom is -0.316 e. The fourth-order valence-electron chi connectivity index (χ4n) is 4.25. The van der Waals surface area contributed by atoms with E-state index in [1.54, 1.807) is 22.5 Å². The number of carbonyl (C=O) groups is 1. The molecular weight excluding hydrogens is 424 g/mol. The molecule has 6 nitrogen and oxygen atoms in total. The SMILES string of the molecule is Cc1ccccc1-c1cc(C(=O)Nc2c(C)n(C)n(-c3ccccc3)c2=O)c2ccccc2n1. The van der Waals surface area contributed by atoms with E-state index in [0.717, 1.165) is 27.7 Å². The van der Waals surface area contributed by atoms with Gasteiger partial charge in [0.2, 0.25) is 0 Å². The summed E-state index contributed by atoms with van der Waals surface area (Å²) in [6.45, 7) is 3.84. The van der Waals surface area contributed by atoms with Crippen molar-refractivity contribution in [3.63, 3.8) is 0 Å². The largest absolute Gasteiger partial charge is 0.316 e. The third kappa shape index (κ3) is 3.59. The Bertz CT molecular complexity index is 1600. The van der Waals surface area contributed by atoms with Crippen LogP contribution in [-0.2, 0) is 7.05 Å². The second kappa shape index (κ2) is 8.48. The summed E-state index contributed by atoms with van der Waals surface area (Å²) in [6.07, 6.45) is 0. The second-order valence-corrected chi connectivity index (χ2v) is 8.28. The molecule has 34 heavy (non-hydrogen) atoms. The number of para-hydroxylation sites is 2. The first-order valence-corrected chi connectivity index (χ1v) is 11.1. The van der Waals surface area contributed by atoms with Gasteiger partial charge in [0.15, 0.2) is 0 Å². The topological polar surface area (TPSA) is 68.9 Å². The summed E-state index contributed by atoms with van der Waals surface area (Å²) in [4.78, 5) is 31.7. The molecular formula is C28H24N4O2. The van der Waals surface area contributed by atoms with E-state index in [0.29, 0.717) is 17.0 Å². The standard InChI is InChI=1S/C28H24N4O2/c1-18-11-7-8-14-21(18)25-17-23(22-15-9-10-16-24(22)29-25)27(33)30-26-19(2)31(3)32(28(26)34)20-12-5-4-6-13-20/h4-17H,1-3H3,(H,30,33). The molecule has 2 heterocycles. The highest BCUT2D eigenvalue weighted by atomic mass is 16.2. The Morgan fingerprint density at radius 1 is 0.882 bits per heavy atom. The van der Waals surface area contributed by atoms with E-state index in [1.165, 1.54) is 0 Å². The molecule has 5 rings (SSSR count). The number of hydrogen-bond donors (Lipinski definition) is 1. The summed E-state index contributed by atoms with van der Waals surface area (Å²) in [5.74, 6) is -0.348. The zero-order valence-electron chi connectivity index (χ0n) is 19.2. The molecule has 0 fully saturated rings. The lowest BCUT2D eigenvalue weighted by Crippen LogP contribution is -2.23. The van der Waals surface area contributed by atoms with Crippen LogP contribution in [0.15, 0.2) is 89.7 Å². The molecule has 0 unspecified atom stereocenters. The average molecular weight is 449 g/mol. The first-order valence-electron chi connectivity index (χ1n) is 11.1. The van der Waals surface area contributed by atoms with E-state index in [1.807, 2.05) is 92.7 Å². The molecule has 6 heteroatoms. The minimum atomic E-state index is -0.348. The molecule has 1 amide bonds. The first-order chi connectivity index (χ1) is 16.5. The molecule has 0 spiro atoms. The smallest absolute Gasteiger partial charge is 0.295 e. The number of nitrogens with one attached hydrogen (secondary N) is 1. The lowest BCUT2D eigenvalue weighted by molar-refractivity contribution is 0.102. The Balaban J connectivity index is 1.62. The predicted molar refractivity (Wildman–Crippen MR) is 136 cm³/mol. The van der Waals surface area contributed by atoms with Gasteiger partial charge in [0.25, 0.3) is 11.5 Å². The number of amides is 1. The number of carbonyl (C=O) groups excluding carboxylic acids is 1. The van der Waals surface area contributed by atoms with Gasteiger partial charge in [-0.2, -0.15) is 0 Å². The number of benzene rings is 3. The minimum absolute atomic E-state index is 0.259. The predicted octanol–water partition coefficient (Wildman–Crippen LogP) is 5.26. The zero-order chi connectivity index (χ0) is 23.8. The van der Waals surface area contributed by atoms with Crippen LogP contribution in [0.3, 0.4) is 0 Å². The van der Waals surface area contributed by atoms with Crippen LogP contribution in [0, 0.1) is 13.8 Å². The fraction of sp³-hybridized carbons (Fsp3) is 0.107. The van der Waals surface area contributed by atoms with Crippen molar-refractivity contribution in [1.82, 2.24) is 14.3 Å². The van der Waals surface area contributed by atoms with E-state index in [4.69, 9.17) is 4.98 Å². The van der Waals surface area contributed by atoms with Crippen LogP contribution in [0.25, 0.3) is 27.8 Å². The second-order valence-electron chi connectivity index (χ2n) is 8.28. The summed E-state index contributed by atoms with van der Waals surface area (Å²) in [6, 6.07) is 26.7. The molecule has 5 aromatic rings. The Morgan fingerprint density at radius 3 is 2.32 bits per heavy atom. The summed E-state index contributed by atoms with van der Waals surface area (Å²) in [5, 5.41) is 3.62. The molecule has 0 aliphatic heterocycles. The van der Waals surface area contributed by atoms with Crippen LogP contribution >= 0.6 is 0 Å². The molecule has 0 atom stereocenters. The molecule has 0 radical (unpaired) electrons. The molecule has 0 saturated carbocycles. The maximum absolute atomic E-state index is 13.6. The normalized spacial score (nSPS) is 11.0. The van der Waals surface area contributed by atoms with Crippen LogP contribution in [0.5, 0.6) is 0 Å². The molecule has 0 bridgehead atoms. The first kappa shape index (κ1) is 21.4. The highest BCUT2D eigenvalue weighted by Gasteiger charge is 2.21. The number of aromatic nitrogens is 3. The van der Waals surface area contributed by atoms with Gasteiger partial charge in [-0.05, 0) is 43.7 Å². The van der Waals surface area contributed by atoms with Crippen molar-refractivity contribution in [1.29, 1.82) is 0 Å². The molecule has 1 N–H and O–H groups in total. The Hall–Kier alpha value is -4.45. The van der Waals surface area contributed by atoms with Gasteiger partial charge >= 0.3 is 0 Å². The summed E-state index contributed by atoms with van der Waals surface area (Å²) >= 11 is 0. The monoisotopic (exact) mass is 448 g/mol. The summed E-state index contributed by atoms with van der Waals surface area (Å²) < 4.78 is 3.30. The molecule has 2 aromatic heterocycles. The molecule has 0 aliphatic rings. The highest BCUT2D eigenvalue weighted by Crippen LogP contribution is 2.27. The van der Waals surface area contributed by atoms with Crippen LogP contribution in [-0.4, -0.2) is 20.3 Å². The van der Waals surface area contributed by atoms with E-state index >= 15 is 0 Å². The molecule has 168 valence electrons. The van der Waals surface area contributed by atoms with E-state index in [9.17, 15) is 9.59 Å². The summed E-state index contributed by atoms with van der Waals surface area (Å²) in [7, 11) is 1.80. The van der Waals surface area contributed by atoms with Crippen molar-refractivity contribution in [2.24, 2.45) is 7.05 Å². The van der Waals surface area contributed by atoms with Gasteiger partial charge < -0.3 is 5.32 Å². The number of fused-ring (bicyclic) bond motifs is 1. The van der Waals surface area contributed by atoms with Crippen molar-refractivity contribution in [2.75, 3.05) is 5.32 Å². The van der Waals surface area contributed by atoms with E-state index in [2.05, 4.69) is 5.32 Å². The van der Waals surface area contributed by atoms with Gasteiger partial charge in [0.05, 0.1) is 28.2 Å². The number of anilines is 1. The van der Waals surface area contributed by atoms with Crippen molar-refractivity contribution in [3.8, 4) is 16.9 Å². The lowest BCUT2D eigenvalue weighted by atomic mass is 10.0. The van der Waals surface area contributed by atoms with Gasteiger partial charge in [-0.3, -0.25) is 14.3 Å². The maximum atomic E-state index is 13.6. The third-order valence-electron chi connectivity index (χ3n) is 6.17. The lowest BCUT2D eigenvalue weighted by Gasteiger charge is -2.11. The fourth-order valence-corrected chi connectivity index (χ4v) is 4.25. The average Bonchev–Trinajstić information content (AvgIpc) is 3.07. The number of hydrogen-bond acceptors (Lipinski definition) is 3. The van der Waals surface area contributed by atoms with Crippen molar-refractivity contribution in [3.05, 3.63) is 112 Å². The van der Waals surface area contributed by atoms with Gasteiger partial charge in [-0.1, -0.05) is 60.7 Å². The van der Waals surface area contributed by atoms with Gasteiger partial charge in [-0.25, -0.2) is 9.67 Å². The van der Waals surface area contributed by atoms with Crippen LogP contribution < -0.4 is 10.9 Å². The van der Waals surface area contributed by atoms with Gasteiger partial charge in [-0.15, -0.1) is 0 Å². The highest BCUT2D eigenvalue weighted by molar-refractivity contribution is 6.13. The molecule has 0 aliphatic carbocycles. The molecule has 0 saturated heterocycles.